The van der Waals surface area contributed by atoms with Crippen LogP contribution in [0.25, 0.3) is 17.0 Å². The maximum Gasteiger partial charge on any atom is 0.251 e. The van der Waals surface area contributed by atoms with Crippen LogP contribution in [-0.4, -0.2) is 17.7 Å². The van der Waals surface area contributed by atoms with Crippen LogP contribution in [0.15, 0.2) is 47.3 Å². The van der Waals surface area contributed by atoms with E-state index in [1.54, 1.807) is 6.08 Å². The van der Waals surface area contributed by atoms with Crippen molar-refractivity contribution >= 4 is 28.6 Å². The van der Waals surface area contributed by atoms with Crippen molar-refractivity contribution in [3.8, 4) is 11.5 Å². The Bertz CT molecular complexity index is 1190. The molecule has 0 unspecified atom stereocenters. The van der Waals surface area contributed by atoms with E-state index in [1.807, 2.05) is 36.4 Å². The van der Waals surface area contributed by atoms with Crippen LogP contribution in [-0.2, 0) is 17.6 Å². The van der Waals surface area contributed by atoms with E-state index in [1.165, 1.54) is 6.08 Å². The number of carbonyl (C=O) groups excluding carboxylic acids is 1. The van der Waals surface area contributed by atoms with Gasteiger partial charge in [0.05, 0.1) is 5.52 Å². The SMILES string of the molecule is O=C(/C=C\c1ccc2c(c1)OCO2)Nc1ccc2c3c(c(=O)[nH]c2c1)CCC3. The molecule has 28 heavy (non-hydrogen) atoms. The van der Waals surface area contributed by atoms with Gasteiger partial charge in [0.1, 0.15) is 0 Å². The molecule has 6 nitrogen and oxygen atoms in total. The summed E-state index contributed by atoms with van der Waals surface area (Å²) in [5, 5.41) is 3.90. The van der Waals surface area contributed by atoms with Crippen molar-refractivity contribution in [1.82, 2.24) is 4.98 Å². The Morgan fingerprint density at radius 1 is 1.04 bits per heavy atom. The number of H-pyrrole nitrogens is 1. The lowest BCUT2D eigenvalue weighted by Gasteiger charge is -2.08. The molecule has 0 fully saturated rings. The maximum atomic E-state index is 12.3. The minimum atomic E-state index is -0.250. The first-order valence-corrected chi connectivity index (χ1v) is 9.24. The highest BCUT2D eigenvalue weighted by molar-refractivity contribution is 6.03. The first-order valence-electron chi connectivity index (χ1n) is 9.24. The molecule has 2 aromatic carbocycles. The zero-order valence-electron chi connectivity index (χ0n) is 15.1. The van der Waals surface area contributed by atoms with Crippen molar-refractivity contribution in [1.29, 1.82) is 0 Å². The Morgan fingerprint density at radius 2 is 1.89 bits per heavy atom. The summed E-state index contributed by atoms with van der Waals surface area (Å²) in [5.74, 6) is 1.13. The number of anilines is 1. The first-order chi connectivity index (χ1) is 13.7. The van der Waals surface area contributed by atoms with Gasteiger partial charge >= 0.3 is 0 Å². The normalized spacial score (nSPS) is 14.6. The van der Waals surface area contributed by atoms with E-state index in [9.17, 15) is 9.59 Å². The summed E-state index contributed by atoms with van der Waals surface area (Å²) in [6.07, 6.45) is 5.96. The lowest BCUT2D eigenvalue weighted by molar-refractivity contribution is -0.111. The van der Waals surface area contributed by atoms with Crippen LogP contribution in [0.2, 0.25) is 0 Å². The molecule has 5 rings (SSSR count). The van der Waals surface area contributed by atoms with E-state index in [-0.39, 0.29) is 18.3 Å². The molecule has 6 heteroatoms. The van der Waals surface area contributed by atoms with Crippen LogP contribution in [0.3, 0.4) is 0 Å². The number of aryl methyl sites for hydroxylation is 1. The number of carbonyl (C=O) groups is 1. The Kier molecular flexibility index (Phi) is 3.90. The lowest BCUT2D eigenvalue weighted by atomic mass is 10.1. The van der Waals surface area contributed by atoms with Gasteiger partial charge in [0, 0.05) is 22.7 Å². The van der Waals surface area contributed by atoms with Gasteiger partial charge in [-0.05, 0) is 60.7 Å². The maximum absolute atomic E-state index is 12.3. The third kappa shape index (κ3) is 2.93. The summed E-state index contributed by atoms with van der Waals surface area (Å²) >= 11 is 0. The van der Waals surface area contributed by atoms with E-state index in [2.05, 4.69) is 10.3 Å². The van der Waals surface area contributed by atoms with Crippen LogP contribution in [0, 0.1) is 0 Å². The molecule has 3 aromatic rings. The number of pyridine rings is 1. The van der Waals surface area contributed by atoms with Crippen molar-refractivity contribution in [2.75, 3.05) is 12.1 Å². The second-order valence-corrected chi connectivity index (χ2v) is 6.96. The quantitative estimate of drug-likeness (QED) is 0.689. The average molecular weight is 374 g/mol. The van der Waals surface area contributed by atoms with Crippen molar-refractivity contribution in [2.45, 2.75) is 19.3 Å². The molecule has 1 amide bonds. The molecule has 0 saturated heterocycles. The highest BCUT2D eigenvalue weighted by atomic mass is 16.7. The highest BCUT2D eigenvalue weighted by Crippen LogP contribution is 2.33. The summed E-state index contributed by atoms with van der Waals surface area (Å²) in [6.45, 7) is 0.219. The molecule has 140 valence electrons. The molecular formula is C22H18N2O4. The Balaban J connectivity index is 1.35. The van der Waals surface area contributed by atoms with Gasteiger partial charge < -0.3 is 19.8 Å². The van der Waals surface area contributed by atoms with Crippen molar-refractivity contribution in [3.63, 3.8) is 0 Å². The smallest absolute Gasteiger partial charge is 0.251 e. The molecular weight excluding hydrogens is 356 g/mol. The minimum absolute atomic E-state index is 0.0221. The van der Waals surface area contributed by atoms with Gasteiger partial charge in [0.15, 0.2) is 11.5 Å². The number of amides is 1. The number of benzene rings is 2. The van der Waals surface area contributed by atoms with E-state index < -0.39 is 0 Å². The average Bonchev–Trinajstić information content (AvgIpc) is 3.35. The predicted octanol–water partition coefficient (Wildman–Crippen LogP) is 3.40. The van der Waals surface area contributed by atoms with Crippen LogP contribution < -0.4 is 20.3 Å². The fourth-order valence-electron chi connectivity index (χ4n) is 3.85. The predicted molar refractivity (Wildman–Crippen MR) is 107 cm³/mol. The second-order valence-electron chi connectivity index (χ2n) is 6.96. The summed E-state index contributed by atoms with van der Waals surface area (Å²) in [6, 6.07) is 11.1. The van der Waals surface area contributed by atoms with Crippen LogP contribution >= 0.6 is 0 Å². The number of hydrogen-bond donors (Lipinski definition) is 2. The van der Waals surface area contributed by atoms with Gasteiger partial charge in [0.2, 0.25) is 12.7 Å². The molecule has 0 saturated carbocycles. The highest BCUT2D eigenvalue weighted by Gasteiger charge is 2.18. The molecule has 2 N–H and O–H groups in total. The van der Waals surface area contributed by atoms with Gasteiger partial charge in [0.25, 0.3) is 5.56 Å². The fraction of sp³-hybridized carbons (Fsp3) is 0.182. The molecule has 0 atom stereocenters. The van der Waals surface area contributed by atoms with Crippen molar-refractivity contribution < 1.29 is 14.3 Å². The third-order valence-electron chi connectivity index (χ3n) is 5.18. The zero-order valence-corrected chi connectivity index (χ0v) is 15.1. The van der Waals surface area contributed by atoms with E-state index >= 15 is 0 Å². The number of aromatic amines is 1. The van der Waals surface area contributed by atoms with E-state index in [4.69, 9.17) is 9.47 Å². The minimum Gasteiger partial charge on any atom is -0.454 e. The van der Waals surface area contributed by atoms with Crippen LogP contribution in [0.4, 0.5) is 5.69 Å². The first kappa shape index (κ1) is 16.6. The number of ether oxygens (including phenoxy) is 2. The fourth-order valence-corrected chi connectivity index (χ4v) is 3.85. The number of hydrogen-bond acceptors (Lipinski definition) is 4. The van der Waals surface area contributed by atoms with Gasteiger partial charge in [-0.1, -0.05) is 12.1 Å². The van der Waals surface area contributed by atoms with Gasteiger partial charge in [-0.15, -0.1) is 0 Å². The van der Waals surface area contributed by atoms with E-state index in [0.717, 1.165) is 46.9 Å². The van der Waals surface area contributed by atoms with Crippen molar-refractivity contribution in [2.24, 2.45) is 0 Å². The summed E-state index contributed by atoms with van der Waals surface area (Å²) in [5.41, 5.74) is 4.25. The molecule has 0 spiro atoms. The number of nitrogens with one attached hydrogen (secondary N) is 2. The lowest BCUT2D eigenvalue weighted by Crippen LogP contribution is -2.13. The molecule has 0 bridgehead atoms. The number of rotatable bonds is 3. The standard InChI is InChI=1S/C22H18N2O4/c25-21(9-5-13-4-8-19-20(10-13)28-12-27-19)23-14-6-7-16-15-2-1-3-17(15)22(26)24-18(16)11-14/h4-11H,1-3,12H2,(H,23,25)(H,24,26)/b9-5-. The van der Waals surface area contributed by atoms with Gasteiger partial charge in [-0.3, -0.25) is 9.59 Å². The molecule has 2 heterocycles. The Hall–Kier alpha value is -3.54. The Morgan fingerprint density at radius 3 is 2.82 bits per heavy atom. The Labute approximate surface area is 160 Å². The zero-order chi connectivity index (χ0) is 19.1. The van der Waals surface area contributed by atoms with Gasteiger partial charge in [-0.25, -0.2) is 0 Å². The van der Waals surface area contributed by atoms with Crippen LogP contribution in [0.1, 0.15) is 23.1 Å². The van der Waals surface area contributed by atoms with Crippen LogP contribution in [0.5, 0.6) is 11.5 Å². The third-order valence-corrected chi connectivity index (χ3v) is 5.18. The number of fused-ring (bicyclic) bond motifs is 4. The molecule has 0 radical (unpaired) electrons. The largest absolute Gasteiger partial charge is 0.454 e. The molecule has 2 aliphatic rings. The molecule has 1 aliphatic heterocycles. The second kappa shape index (κ2) is 6.56. The molecule has 1 aromatic heterocycles. The summed E-state index contributed by atoms with van der Waals surface area (Å²) in [7, 11) is 0. The monoisotopic (exact) mass is 374 g/mol. The summed E-state index contributed by atoms with van der Waals surface area (Å²) < 4.78 is 10.6. The van der Waals surface area contributed by atoms with Gasteiger partial charge in [-0.2, -0.15) is 0 Å². The topological polar surface area (TPSA) is 80.4 Å². The number of aromatic nitrogens is 1. The van der Waals surface area contributed by atoms with E-state index in [0.29, 0.717) is 17.2 Å². The van der Waals surface area contributed by atoms with Crippen molar-refractivity contribution in [3.05, 3.63) is 69.5 Å². The summed E-state index contributed by atoms with van der Waals surface area (Å²) in [4.78, 5) is 27.4. The molecule has 1 aliphatic carbocycles.